The fraction of sp³-hybridized carbons (Fsp3) is 0.738. The first-order valence-electron chi connectivity index (χ1n) is 29.6. The molecule has 5 aliphatic rings. The van der Waals surface area contributed by atoms with E-state index in [2.05, 4.69) is 48.5 Å². The minimum Gasteiger partial charge on any atom is -0.493 e. The van der Waals surface area contributed by atoms with Gasteiger partial charge in [0.15, 0.2) is 0 Å². The second-order valence-corrected chi connectivity index (χ2v) is 23.0. The smallest absolute Gasteiger partial charge is 0.306 e. The first-order chi connectivity index (χ1) is 37.7. The van der Waals surface area contributed by atoms with E-state index in [0.29, 0.717) is 92.9 Å². The van der Waals surface area contributed by atoms with E-state index in [1.165, 1.54) is 0 Å². The van der Waals surface area contributed by atoms with E-state index < -0.39 is 17.6 Å². The Balaban J connectivity index is 0.000000289. The summed E-state index contributed by atoms with van der Waals surface area (Å²) in [5.74, 6) is 1.80. The highest BCUT2D eigenvalue weighted by Gasteiger charge is 2.51. The van der Waals surface area contributed by atoms with Crippen molar-refractivity contribution in [2.45, 2.75) is 142 Å². The maximum Gasteiger partial charge on any atom is 0.306 e. The molecule has 4 aliphatic heterocycles. The lowest BCUT2D eigenvalue weighted by Gasteiger charge is -2.51. The second-order valence-electron chi connectivity index (χ2n) is 23.0. The summed E-state index contributed by atoms with van der Waals surface area (Å²) in [5.41, 5.74) is 2.23. The van der Waals surface area contributed by atoms with Crippen molar-refractivity contribution < 1.29 is 52.7 Å². The quantitative estimate of drug-likeness (QED) is 0.0593. The van der Waals surface area contributed by atoms with Crippen LogP contribution in [0.5, 0.6) is 11.5 Å². The SMILES string of the molecule is CCc1ccc(C(=O)N(C(C)C)C2(C[C@@H]3CNC[C@H]3CN(C(=O)CC3CCOCC3)C3CC3)CC(C(=O)O)CCO2)cc1OCCCOC.CCc1ccc(C(=O)N(C[C@@H]2CNC[C@@H]2CNC)C(C)C)cc1OCCCOC. The molecule has 0 aromatic heterocycles. The molecule has 6 atom stereocenters. The summed E-state index contributed by atoms with van der Waals surface area (Å²) in [6.07, 6.45) is 8.86. The first kappa shape index (κ1) is 62.8. The highest BCUT2D eigenvalue weighted by Crippen LogP contribution is 2.43. The molecular weight excluding hydrogens is 993 g/mol. The summed E-state index contributed by atoms with van der Waals surface area (Å²) < 4.78 is 34.6. The zero-order valence-corrected chi connectivity index (χ0v) is 48.9. The lowest BCUT2D eigenvalue weighted by molar-refractivity contribution is -0.201. The molecule has 4 N–H and O–H groups in total. The average Bonchev–Trinajstić information content (AvgIpc) is 4.05. The van der Waals surface area contributed by atoms with Crippen LogP contribution in [-0.4, -0.2) is 181 Å². The number of nitrogens with one attached hydrogen (secondary N) is 3. The molecule has 1 saturated carbocycles. The Morgan fingerprint density at radius 2 is 1.28 bits per heavy atom. The Hall–Kier alpha value is -4.36. The third-order valence-electron chi connectivity index (χ3n) is 16.7. The number of benzene rings is 2. The molecule has 2 aromatic rings. The van der Waals surface area contributed by atoms with Crippen LogP contribution < -0.4 is 25.4 Å². The monoisotopic (exact) mass is 1090 g/mol. The minimum atomic E-state index is -1.11. The molecule has 4 heterocycles. The van der Waals surface area contributed by atoms with Gasteiger partial charge in [-0.1, -0.05) is 26.0 Å². The predicted octanol–water partition coefficient (Wildman–Crippen LogP) is 7.33. The van der Waals surface area contributed by atoms with E-state index >= 15 is 0 Å². The summed E-state index contributed by atoms with van der Waals surface area (Å²) in [4.78, 5) is 60.1. The minimum absolute atomic E-state index is 0.0829. The number of aryl methyl sites for hydroxylation is 2. The first-order valence-corrected chi connectivity index (χ1v) is 29.6. The number of carbonyl (C=O) groups is 4. The molecule has 0 radical (unpaired) electrons. The number of ether oxygens (including phenoxy) is 6. The van der Waals surface area contributed by atoms with Crippen molar-refractivity contribution in [3.8, 4) is 11.5 Å². The summed E-state index contributed by atoms with van der Waals surface area (Å²) in [7, 11) is 5.35. The maximum atomic E-state index is 14.7. The van der Waals surface area contributed by atoms with Crippen LogP contribution in [0.2, 0.25) is 0 Å². The fourth-order valence-corrected chi connectivity index (χ4v) is 12.1. The largest absolute Gasteiger partial charge is 0.493 e. The Morgan fingerprint density at radius 1 is 0.718 bits per heavy atom. The van der Waals surface area contributed by atoms with Crippen LogP contribution in [-0.2, 0) is 41.4 Å². The summed E-state index contributed by atoms with van der Waals surface area (Å²) in [6, 6.07) is 11.7. The van der Waals surface area contributed by atoms with E-state index in [1.807, 2.05) is 67.1 Å². The Kier molecular flexibility index (Phi) is 25.4. The Morgan fingerprint density at radius 3 is 1.81 bits per heavy atom. The number of amides is 3. The van der Waals surface area contributed by atoms with Crippen molar-refractivity contribution in [2.75, 3.05) is 113 Å². The molecule has 0 bridgehead atoms. The van der Waals surface area contributed by atoms with Gasteiger partial charge in [-0.2, -0.15) is 0 Å². The van der Waals surface area contributed by atoms with Crippen molar-refractivity contribution in [1.29, 1.82) is 0 Å². The molecule has 2 unspecified atom stereocenters. The van der Waals surface area contributed by atoms with Crippen LogP contribution in [0.25, 0.3) is 0 Å². The van der Waals surface area contributed by atoms with Gasteiger partial charge in [-0.05, 0) is 177 Å². The molecule has 7 rings (SSSR count). The van der Waals surface area contributed by atoms with Crippen LogP contribution in [0.15, 0.2) is 36.4 Å². The number of carboxylic acids is 1. The van der Waals surface area contributed by atoms with Crippen LogP contribution in [0.4, 0.5) is 0 Å². The third-order valence-corrected chi connectivity index (χ3v) is 16.7. The molecule has 0 spiro atoms. The molecule has 4 saturated heterocycles. The molecule has 17 nitrogen and oxygen atoms in total. The van der Waals surface area contributed by atoms with Gasteiger partial charge < -0.3 is 64.2 Å². The number of methoxy groups -OCH3 is 2. The highest BCUT2D eigenvalue weighted by molar-refractivity contribution is 5.96. The van der Waals surface area contributed by atoms with Crippen molar-refractivity contribution in [3.05, 3.63) is 58.7 Å². The highest BCUT2D eigenvalue weighted by atomic mass is 16.5. The van der Waals surface area contributed by atoms with E-state index in [1.54, 1.807) is 14.2 Å². The van der Waals surface area contributed by atoms with Crippen LogP contribution in [0.3, 0.4) is 0 Å². The summed E-state index contributed by atoms with van der Waals surface area (Å²) >= 11 is 0. The van der Waals surface area contributed by atoms with Gasteiger partial charge in [-0.15, -0.1) is 0 Å². The standard InChI is InChI=1S/C38H59N3O8.C23H39N3O3/c1-5-28-7-8-29(20-34(28)48-15-6-14-46-4)36(43)41(26(2)3)38(21-30(37(44)45)13-18-49-38)22-31-23-39-24-32(31)25-40(33-9-10-33)35(42)19-27-11-16-47-17-12-27;1-6-18-8-9-19(12-22(18)29-11-7-10-28-5)23(27)26(17(2)3)16-21-15-25-14-20(21)13-24-4/h7-8,20,26-27,30-33,39H,5-6,9-19,21-25H2,1-4H3,(H,44,45);8-9,12,17,20-21,24-25H,6-7,10-11,13-16H2,1-5H3/t30?,31-,32+,38?;20-,21-/m10/s1. The van der Waals surface area contributed by atoms with E-state index in [4.69, 9.17) is 28.4 Å². The van der Waals surface area contributed by atoms with E-state index in [0.717, 1.165) is 121 Å². The number of rotatable bonds is 29. The van der Waals surface area contributed by atoms with Gasteiger partial charge in [-0.25, -0.2) is 0 Å². The van der Waals surface area contributed by atoms with Gasteiger partial charge in [-0.3, -0.25) is 19.2 Å². The maximum absolute atomic E-state index is 14.7. The molecule has 1 aliphatic carbocycles. The van der Waals surface area contributed by atoms with Crippen LogP contribution in [0, 0.1) is 35.5 Å². The van der Waals surface area contributed by atoms with Crippen molar-refractivity contribution in [2.24, 2.45) is 35.5 Å². The lowest BCUT2D eigenvalue weighted by atomic mass is 9.80. The van der Waals surface area contributed by atoms with Gasteiger partial charge >= 0.3 is 5.97 Å². The molecule has 17 heteroatoms. The third kappa shape index (κ3) is 17.6. The van der Waals surface area contributed by atoms with Crippen molar-refractivity contribution in [1.82, 2.24) is 30.7 Å². The Bertz CT molecular complexity index is 2190. The van der Waals surface area contributed by atoms with E-state index in [-0.39, 0.29) is 54.7 Å². The van der Waals surface area contributed by atoms with Crippen LogP contribution in [0.1, 0.15) is 138 Å². The number of carbonyl (C=O) groups excluding carboxylic acids is 3. The zero-order valence-electron chi connectivity index (χ0n) is 48.9. The summed E-state index contributed by atoms with van der Waals surface area (Å²) in [5, 5.41) is 20.5. The van der Waals surface area contributed by atoms with Gasteiger partial charge in [0.25, 0.3) is 11.8 Å². The van der Waals surface area contributed by atoms with Gasteiger partial charge in [0.1, 0.15) is 17.2 Å². The number of nitrogens with zero attached hydrogens (tertiary/aromatic N) is 3. The molecule has 2 aromatic carbocycles. The normalized spacial score (nSPS) is 23.4. The molecule has 5 fully saturated rings. The Labute approximate surface area is 466 Å². The van der Waals surface area contributed by atoms with Crippen LogP contribution >= 0.6 is 0 Å². The topological polar surface area (TPSA) is 190 Å². The fourth-order valence-electron chi connectivity index (χ4n) is 12.1. The number of aliphatic carboxylic acids is 1. The van der Waals surface area contributed by atoms with Gasteiger partial charge in [0.05, 0.1) is 25.7 Å². The van der Waals surface area contributed by atoms with Crippen molar-refractivity contribution in [3.63, 3.8) is 0 Å². The van der Waals surface area contributed by atoms with E-state index in [9.17, 15) is 24.3 Å². The average molecular weight is 1090 g/mol. The molecule has 438 valence electrons. The predicted molar refractivity (Wildman–Crippen MR) is 303 cm³/mol. The zero-order chi connectivity index (χ0) is 56.2. The molecule has 3 amide bonds. The van der Waals surface area contributed by atoms with Crippen molar-refractivity contribution >= 4 is 23.7 Å². The number of hydrogen-bond acceptors (Lipinski definition) is 13. The summed E-state index contributed by atoms with van der Waals surface area (Å²) in [6.45, 7) is 22.2. The molecular formula is C61H98N6O11. The number of hydrogen-bond donors (Lipinski definition) is 4. The number of carboxylic acid groups (broad SMARTS) is 1. The van der Waals surface area contributed by atoms with Gasteiger partial charge in [0, 0.05) is 115 Å². The molecule has 78 heavy (non-hydrogen) atoms. The lowest BCUT2D eigenvalue weighted by Crippen LogP contribution is -2.61. The van der Waals surface area contributed by atoms with Gasteiger partial charge in [0.2, 0.25) is 5.91 Å². The second kappa shape index (κ2) is 31.6.